The van der Waals surface area contributed by atoms with E-state index in [9.17, 15) is 19.4 Å². The number of benzene rings is 2. The molecule has 2 N–H and O–H groups in total. The average molecular weight is 343 g/mol. The Morgan fingerprint density at radius 3 is 2.64 bits per heavy atom. The summed E-state index contributed by atoms with van der Waals surface area (Å²) in [6.45, 7) is 3.03. The van der Waals surface area contributed by atoms with Gasteiger partial charge in [0.2, 0.25) is 0 Å². The molecule has 2 unspecified atom stereocenters. The Morgan fingerprint density at radius 1 is 1.28 bits per heavy atom. The molecular weight excluding hydrogens is 321 g/mol. The summed E-state index contributed by atoms with van der Waals surface area (Å²) < 4.78 is 13.9. The van der Waals surface area contributed by atoms with Crippen LogP contribution in [0.1, 0.15) is 23.1 Å². The summed E-state index contributed by atoms with van der Waals surface area (Å²) in [5, 5.41) is 20.8. The Kier molecular flexibility index (Phi) is 4.88. The number of likely N-dealkylation sites (tertiary alicyclic amines) is 1. The van der Waals surface area contributed by atoms with E-state index >= 15 is 0 Å². The van der Waals surface area contributed by atoms with Crippen molar-refractivity contribution in [3.63, 3.8) is 0 Å². The maximum absolute atomic E-state index is 13.9. The lowest BCUT2D eigenvalue weighted by Gasteiger charge is -2.43. The zero-order chi connectivity index (χ0) is 18.0. The highest BCUT2D eigenvalue weighted by atomic mass is 19.1. The third-order valence-electron chi connectivity index (χ3n) is 5.05. The van der Waals surface area contributed by atoms with Gasteiger partial charge in [-0.25, -0.2) is 4.39 Å². The number of aryl methyl sites for hydroxylation is 1. The van der Waals surface area contributed by atoms with Crippen LogP contribution in [-0.2, 0) is 16.9 Å². The molecule has 5 heteroatoms. The van der Waals surface area contributed by atoms with Gasteiger partial charge in [0.1, 0.15) is 17.3 Å². The minimum Gasteiger partial charge on any atom is -0.481 e. The number of nitrogens with zero attached hydrogens (tertiary/aromatic N) is 1. The topological polar surface area (TPSA) is 60.8 Å². The SMILES string of the molecule is Cc1ccc(C2(O)CCN(Cc3ccccc3)CC2C(=O)O)cc1F. The van der Waals surface area contributed by atoms with E-state index in [1.54, 1.807) is 19.1 Å². The maximum atomic E-state index is 13.9. The Bertz CT molecular complexity index is 765. The third-order valence-corrected chi connectivity index (χ3v) is 5.05. The number of rotatable bonds is 4. The smallest absolute Gasteiger partial charge is 0.311 e. The summed E-state index contributed by atoms with van der Waals surface area (Å²) in [7, 11) is 0. The van der Waals surface area contributed by atoms with Crippen molar-refractivity contribution in [2.24, 2.45) is 5.92 Å². The molecule has 4 nitrogen and oxygen atoms in total. The van der Waals surface area contributed by atoms with Crippen molar-refractivity contribution in [1.29, 1.82) is 0 Å². The number of carboxylic acid groups (broad SMARTS) is 1. The van der Waals surface area contributed by atoms with E-state index in [2.05, 4.69) is 0 Å². The van der Waals surface area contributed by atoms with Gasteiger partial charge in [-0.3, -0.25) is 9.69 Å². The molecular formula is C20H22FNO3. The van der Waals surface area contributed by atoms with Crippen LogP contribution in [-0.4, -0.2) is 34.2 Å². The number of hydrogen-bond donors (Lipinski definition) is 2. The normalized spacial score (nSPS) is 24.2. The van der Waals surface area contributed by atoms with Crippen LogP contribution in [0.15, 0.2) is 48.5 Å². The lowest BCUT2D eigenvalue weighted by atomic mass is 9.75. The fraction of sp³-hybridized carbons (Fsp3) is 0.350. The van der Waals surface area contributed by atoms with E-state index < -0.39 is 23.3 Å². The maximum Gasteiger partial charge on any atom is 0.311 e. The fourth-order valence-electron chi connectivity index (χ4n) is 3.48. The van der Waals surface area contributed by atoms with Crippen LogP contribution in [0, 0.1) is 18.7 Å². The Hall–Kier alpha value is -2.24. The van der Waals surface area contributed by atoms with Gasteiger partial charge in [-0.15, -0.1) is 0 Å². The second kappa shape index (κ2) is 6.94. The first-order chi connectivity index (χ1) is 11.9. The van der Waals surface area contributed by atoms with Crippen LogP contribution in [0.5, 0.6) is 0 Å². The van der Waals surface area contributed by atoms with E-state index in [0.717, 1.165) is 5.56 Å². The number of carbonyl (C=O) groups is 1. The summed E-state index contributed by atoms with van der Waals surface area (Å²) in [6.07, 6.45) is 0.249. The van der Waals surface area contributed by atoms with Gasteiger partial charge in [0.15, 0.2) is 0 Å². The second-order valence-corrected chi connectivity index (χ2v) is 6.75. The van der Waals surface area contributed by atoms with Gasteiger partial charge in [-0.05, 0) is 36.1 Å². The van der Waals surface area contributed by atoms with Gasteiger partial charge >= 0.3 is 5.97 Å². The van der Waals surface area contributed by atoms with Crippen LogP contribution in [0.3, 0.4) is 0 Å². The summed E-state index contributed by atoms with van der Waals surface area (Å²) in [4.78, 5) is 13.8. The molecule has 0 saturated carbocycles. The first kappa shape index (κ1) is 17.6. The minimum atomic E-state index is -1.56. The summed E-state index contributed by atoms with van der Waals surface area (Å²) >= 11 is 0. The first-order valence-corrected chi connectivity index (χ1v) is 8.38. The van der Waals surface area contributed by atoms with Crippen LogP contribution in [0.2, 0.25) is 0 Å². The van der Waals surface area contributed by atoms with Crippen molar-refractivity contribution >= 4 is 5.97 Å². The average Bonchev–Trinajstić information content (AvgIpc) is 2.59. The summed E-state index contributed by atoms with van der Waals surface area (Å²) in [6, 6.07) is 14.3. The van der Waals surface area contributed by atoms with Crippen molar-refractivity contribution < 1.29 is 19.4 Å². The first-order valence-electron chi connectivity index (χ1n) is 8.38. The molecule has 0 aromatic heterocycles. The third kappa shape index (κ3) is 3.57. The monoisotopic (exact) mass is 343 g/mol. The minimum absolute atomic E-state index is 0.218. The largest absolute Gasteiger partial charge is 0.481 e. The highest BCUT2D eigenvalue weighted by Gasteiger charge is 2.47. The molecule has 0 spiro atoms. The van der Waals surface area contributed by atoms with E-state index in [4.69, 9.17) is 0 Å². The molecule has 25 heavy (non-hydrogen) atoms. The molecule has 1 fully saturated rings. The quantitative estimate of drug-likeness (QED) is 0.896. The lowest BCUT2D eigenvalue weighted by Crippen LogP contribution is -2.52. The number of hydrogen-bond acceptors (Lipinski definition) is 3. The molecule has 2 aromatic rings. The Balaban J connectivity index is 1.84. The van der Waals surface area contributed by atoms with Crippen molar-refractivity contribution in [3.05, 3.63) is 71.0 Å². The molecule has 2 aromatic carbocycles. The molecule has 1 aliphatic heterocycles. The van der Waals surface area contributed by atoms with Gasteiger partial charge < -0.3 is 10.2 Å². The summed E-state index contributed by atoms with van der Waals surface area (Å²) in [5.74, 6) is -2.50. The molecule has 3 rings (SSSR count). The molecule has 0 amide bonds. The fourth-order valence-corrected chi connectivity index (χ4v) is 3.48. The van der Waals surface area contributed by atoms with Crippen LogP contribution < -0.4 is 0 Å². The van der Waals surface area contributed by atoms with Gasteiger partial charge in [-0.1, -0.05) is 42.5 Å². The number of aliphatic hydroxyl groups is 1. The number of carboxylic acids is 1. The summed E-state index contributed by atoms with van der Waals surface area (Å²) in [5.41, 5.74) is 0.342. The Morgan fingerprint density at radius 2 is 2.00 bits per heavy atom. The number of halogens is 1. The van der Waals surface area contributed by atoms with Gasteiger partial charge in [0.05, 0.1) is 0 Å². The van der Waals surface area contributed by atoms with Crippen LogP contribution in [0.25, 0.3) is 0 Å². The molecule has 132 valence electrons. The van der Waals surface area contributed by atoms with Crippen molar-refractivity contribution in [3.8, 4) is 0 Å². The van der Waals surface area contributed by atoms with Crippen molar-refractivity contribution in [1.82, 2.24) is 4.90 Å². The molecule has 1 saturated heterocycles. The predicted molar refractivity (Wildman–Crippen MR) is 92.5 cm³/mol. The zero-order valence-corrected chi connectivity index (χ0v) is 14.2. The van der Waals surface area contributed by atoms with Crippen molar-refractivity contribution in [2.45, 2.75) is 25.5 Å². The van der Waals surface area contributed by atoms with Gasteiger partial charge in [0.25, 0.3) is 0 Å². The standard InChI is InChI=1S/C20H22FNO3/c1-14-7-8-16(11-18(14)21)20(25)9-10-22(13-17(20)19(23)24)12-15-5-3-2-4-6-15/h2-8,11,17,25H,9-10,12-13H2,1H3,(H,23,24). The number of aliphatic carboxylic acids is 1. The van der Waals surface area contributed by atoms with Crippen LogP contribution >= 0.6 is 0 Å². The van der Waals surface area contributed by atoms with E-state index in [-0.39, 0.29) is 13.0 Å². The second-order valence-electron chi connectivity index (χ2n) is 6.75. The molecule has 1 aliphatic rings. The molecule has 2 atom stereocenters. The molecule has 0 radical (unpaired) electrons. The highest BCUT2D eigenvalue weighted by molar-refractivity contribution is 5.72. The molecule has 1 heterocycles. The van der Waals surface area contributed by atoms with Crippen LogP contribution in [0.4, 0.5) is 4.39 Å². The van der Waals surface area contributed by atoms with Gasteiger partial charge in [0, 0.05) is 19.6 Å². The lowest BCUT2D eigenvalue weighted by molar-refractivity contribution is -0.161. The van der Waals surface area contributed by atoms with Crippen molar-refractivity contribution in [2.75, 3.05) is 13.1 Å². The molecule has 0 bridgehead atoms. The van der Waals surface area contributed by atoms with Gasteiger partial charge in [-0.2, -0.15) is 0 Å². The zero-order valence-electron chi connectivity index (χ0n) is 14.2. The molecule has 0 aliphatic carbocycles. The predicted octanol–water partition coefficient (Wildman–Crippen LogP) is 2.93. The Labute approximate surface area is 146 Å². The van der Waals surface area contributed by atoms with E-state index in [1.165, 1.54) is 6.07 Å². The highest BCUT2D eigenvalue weighted by Crippen LogP contribution is 2.38. The van der Waals surface area contributed by atoms with E-state index in [0.29, 0.717) is 24.2 Å². The van der Waals surface area contributed by atoms with E-state index in [1.807, 2.05) is 35.2 Å². The number of piperidine rings is 1.